The van der Waals surface area contributed by atoms with Gasteiger partial charge in [0.1, 0.15) is 11.6 Å². The van der Waals surface area contributed by atoms with Crippen LogP contribution < -0.4 is 4.74 Å². The molecule has 0 spiro atoms. The van der Waals surface area contributed by atoms with Gasteiger partial charge in [-0.2, -0.15) is 4.37 Å². The Bertz CT molecular complexity index is 1220. The van der Waals surface area contributed by atoms with Gasteiger partial charge in [0.2, 0.25) is 0 Å². The lowest BCUT2D eigenvalue weighted by Crippen LogP contribution is -2.41. The van der Waals surface area contributed by atoms with Gasteiger partial charge in [-0.15, -0.1) is 10.2 Å². The number of aromatic nitrogens is 6. The van der Waals surface area contributed by atoms with Crippen molar-refractivity contribution in [3.05, 3.63) is 41.6 Å². The number of fused-ring (bicyclic) bond motifs is 2. The van der Waals surface area contributed by atoms with Crippen LogP contribution in [0.2, 0.25) is 0 Å². The number of methoxy groups -OCH3 is 1. The van der Waals surface area contributed by atoms with Crippen LogP contribution in [0, 0.1) is 6.92 Å². The maximum Gasteiger partial charge on any atom is 0.254 e. The first kappa shape index (κ1) is 17.8. The number of aromatic amines is 1. The summed E-state index contributed by atoms with van der Waals surface area (Å²) in [5.41, 5.74) is 1.50. The van der Waals surface area contributed by atoms with Crippen LogP contribution in [0.5, 0.6) is 5.75 Å². The van der Waals surface area contributed by atoms with Crippen molar-refractivity contribution >= 4 is 28.3 Å². The van der Waals surface area contributed by atoms with Gasteiger partial charge in [0.25, 0.3) is 5.91 Å². The predicted octanol–water partition coefficient (Wildman–Crippen LogP) is 2.81. The number of carbonyl (C=O) groups excluding carboxylic acids is 1. The van der Waals surface area contributed by atoms with E-state index in [1.807, 2.05) is 41.5 Å². The molecule has 0 unspecified atom stereocenters. The molecule has 0 fully saturated rings. The molecule has 0 aliphatic carbocycles. The lowest BCUT2D eigenvalue weighted by Gasteiger charge is -2.33. The molecule has 9 nitrogen and oxygen atoms in total. The van der Waals surface area contributed by atoms with Crippen molar-refractivity contribution < 1.29 is 9.53 Å². The Hall–Kier alpha value is -3.27. The molecule has 4 aromatic rings. The number of carbonyl (C=O) groups is 1. The number of hydrogen-bond acceptors (Lipinski definition) is 7. The van der Waals surface area contributed by atoms with E-state index in [0.29, 0.717) is 24.5 Å². The van der Waals surface area contributed by atoms with Crippen molar-refractivity contribution in [2.24, 2.45) is 0 Å². The molecule has 5 rings (SSSR count). The zero-order valence-corrected chi connectivity index (χ0v) is 17.0. The summed E-state index contributed by atoms with van der Waals surface area (Å²) in [6.07, 6.45) is 1.79. The highest BCUT2D eigenvalue weighted by Gasteiger charge is 2.32. The lowest BCUT2D eigenvalue weighted by atomic mass is 10.1. The Morgan fingerprint density at radius 3 is 2.93 bits per heavy atom. The Morgan fingerprint density at radius 2 is 2.17 bits per heavy atom. The largest absolute Gasteiger partial charge is 0.495 e. The van der Waals surface area contributed by atoms with E-state index in [-0.39, 0.29) is 11.9 Å². The molecule has 0 saturated carbocycles. The first-order valence-corrected chi connectivity index (χ1v) is 10.0. The van der Waals surface area contributed by atoms with Crippen molar-refractivity contribution in [3.63, 3.8) is 0 Å². The molecular weight excluding hydrogens is 390 g/mol. The van der Waals surface area contributed by atoms with E-state index in [9.17, 15) is 4.79 Å². The molecule has 1 aliphatic rings. The molecule has 0 saturated heterocycles. The highest BCUT2D eigenvalue weighted by molar-refractivity contribution is 7.09. The van der Waals surface area contributed by atoms with Gasteiger partial charge in [-0.1, -0.05) is 0 Å². The summed E-state index contributed by atoms with van der Waals surface area (Å²) in [5.74, 6) is 2.92. The fraction of sp³-hybridized carbons (Fsp3) is 0.316. The van der Waals surface area contributed by atoms with Crippen LogP contribution in [0.15, 0.2) is 24.4 Å². The summed E-state index contributed by atoms with van der Waals surface area (Å²) < 4.78 is 11.6. The molecule has 0 radical (unpaired) electrons. The molecule has 10 heteroatoms. The minimum Gasteiger partial charge on any atom is -0.495 e. The van der Waals surface area contributed by atoms with Gasteiger partial charge in [0, 0.05) is 30.2 Å². The molecule has 1 aromatic carbocycles. The molecule has 1 amide bonds. The van der Waals surface area contributed by atoms with E-state index in [2.05, 4.69) is 24.5 Å². The van der Waals surface area contributed by atoms with Gasteiger partial charge in [0.05, 0.1) is 18.7 Å². The Balaban J connectivity index is 1.45. The summed E-state index contributed by atoms with van der Waals surface area (Å²) >= 11 is 1.31. The lowest BCUT2D eigenvalue weighted by molar-refractivity contribution is 0.0638. The molecule has 1 aliphatic heterocycles. The van der Waals surface area contributed by atoms with E-state index < -0.39 is 0 Å². The molecule has 0 bridgehead atoms. The third-order valence-corrected chi connectivity index (χ3v) is 6.08. The van der Waals surface area contributed by atoms with Crippen LogP contribution in [0.1, 0.15) is 35.0 Å². The molecule has 1 N–H and O–H groups in total. The van der Waals surface area contributed by atoms with E-state index in [0.717, 1.165) is 33.3 Å². The fourth-order valence-corrected chi connectivity index (χ4v) is 4.44. The van der Waals surface area contributed by atoms with Crippen LogP contribution in [0.25, 0.3) is 21.7 Å². The maximum atomic E-state index is 13.2. The molecule has 3 aromatic heterocycles. The van der Waals surface area contributed by atoms with Crippen molar-refractivity contribution in [2.45, 2.75) is 26.4 Å². The number of ether oxygens (including phenoxy) is 1. The Morgan fingerprint density at radius 1 is 1.31 bits per heavy atom. The number of nitrogens with one attached hydrogen (secondary N) is 1. The number of hydrogen-bond donors (Lipinski definition) is 1. The fourth-order valence-electron chi connectivity index (χ4n) is 3.78. The quantitative estimate of drug-likeness (QED) is 0.558. The highest BCUT2D eigenvalue weighted by Crippen LogP contribution is 2.31. The Kier molecular flexibility index (Phi) is 4.09. The monoisotopic (exact) mass is 409 g/mol. The average molecular weight is 409 g/mol. The zero-order valence-electron chi connectivity index (χ0n) is 16.2. The summed E-state index contributed by atoms with van der Waals surface area (Å²) in [4.78, 5) is 22.6. The van der Waals surface area contributed by atoms with Crippen LogP contribution >= 0.6 is 11.5 Å². The Labute approximate surface area is 170 Å². The number of amides is 1. The number of H-pyrrole nitrogens is 1. The van der Waals surface area contributed by atoms with Gasteiger partial charge in [-0.05, 0) is 43.6 Å². The summed E-state index contributed by atoms with van der Waals surface area (Å²) in [6.45, 7) is 5.02. The summed E-state index contributed by atoms with van der Waals surface area (Å²) in [5, 5.41) is 10.4. The molecule has 148 valence electrons. The van der Waals surface area contributed by atoms with E-state index in [1.165, 1.54) is 11.5 Å². The third-order valence-electron chi connectivity index (χ3n) is 5.28. The highest BCUT2D eigenvalue weighted by atomic mass is 32.1. The van der Waals surface area contributed by atoms with Crippen LogP contribution in [-0.2, 0) is 6.54 Å². The van der Waals surface area contributed by atoms with Crippen molar-refractivity contribution in [1.29, 1.82) is 0 Å². The molecule has 4 heterocycles. The molecule has 29 heavy (non-hydrogen) atoms. The summed E-state index contributed by atoms with van der Waals surface area (Å²) in [6, 6.07) is 5.41. The first-order chi connectivity index (χ1) is 14.1. The third kappa shape index (κ3) is 2.79. The van der Waals surface area contributed by atoms with Crippen molar-refractivity contribution in [3.8, 4) is 16.6 Å². The first-order valence-electron chi connectivity index (χ1n) is 9.26. The SMILES string of the molecule is COc1c[nH]c2cc(C(=O)N3CCn4c(-c5nc(C)ns5)nnc4[C@H]3C)ccc12. The van der Waals surface area contributed by atoms with Crippen LogP contribution in [0.4, 0.5) is 0 Å². The van der Waals surface area contributed by atoms with Crippen LogP contribution in [0.3, 0.4) is 0 Å². The number of aryl methyl sites for hydroxylation is 1. The van der Waals surface area contributed by atoms with E-state index in [4.69, 9.17) is 4.74 Å². The molecular formula is C19H19N7O2S. The number of benzene rings is 1. The normalized spacial score (nSPS) is 16.2. The average Bonchev–Trinajstić information content (AvgIpc) is 3.44. The topological polar surface area (TPSA) is 102 Å². The molecule has 1 atom stereocenters. The van der Waals surface area contributed by atoms with Gasteiger partial charge in [-0.25, -0.2) is 4.98 Å². The maximum absolute atomic E-state index is 13.2. The second-order valence-corrected chi connectivity index (χ2v) is 7.72. The standard InChI is InChI=1S/C19H19N7O2S/c1-10-16-22-23-17(18-21-11(2)24-29-18)26(16)7-6-25(10)19(27)12-4-5-13-14(8-12)20-9-15(13)28-3/h4-5,8-10,20H,6-7H2,1-3H3/t10-/m1/s1. The smallest absolute Gasteiger partial charge is 0.254 e. The van der Waals surface area contributed by atoms with E-state index in [1.54, 1.807) is 13.3 Å². The summed E-state index contributed by atoms with van der Waals surface area (Å²) in [7, 11) is 1.63. The van der Waals surface area contributed by atoms with Crippen molar-refractivity contribution in [2.75, 3.05) is 13.7 Å². The van der Waals surface area contributed by atoms with Gasteiger partial charge >= 0.3 is 0 Å². The predicted molar refractivity (Wildman–Crippen MR) is 108 cm³/mol. The van der Waals surface area contributed by atoms with E-state index >= 15 is 0 Å². The van der Waals surface area contributed by atoms with Gasteiger partial charge in [-0.3, -0.25) is 4.79 Å². The number of rotatable bonds is 3. The van der Waals surface area contributed by atoms with Gasteiger partial charge < -0.3 is 19.2 Å². The van der Waals surface area contributed by atoms with Crippen LogP contribution in [-0.4, -0.2) is 53.6 Å². The minimum absolute atomic E-state index is 0.0319. The second kappa shape index (κ2) is 6.66. The minimum atomic E-state index is -0.194. The van der Waals surface area contributed by atoms with Gasteiger partial charge in [0.15, 0.2) is 16.7 Å². The van der Waals surface area contributed by atoms with Crippen molar-refractivity contribution in [1.82, 2.24) is 34.0 Å². The number of nitrogens with zero attached hydrogens (tertiary/aromatic N) is 6. The second-order valence-electron chi connectivity index (χ2n) is 6.97. The zero-order chi connectivity index (χ0) is 20.1.